The van der Waals surface area contributed by atoms with Gasteiger partial charge in [-0.3, -0.25) is 9.59 Å². The van der Waals surface area contributed by atoms with E-state index in [9.17, 15) is 14.0 Å². The lowest BCUT2D eigenvalue weighted by Crippen LogP contribution is -2.33. The Morgan fingerprint density at radius 2 is 1.70 bits per heavy atom. The Bertz CT molecular complexity index is 710. The molecule has 0 fully saturated rings. The van der Waals surface area contributed by atoms with Crippen LogP contribution in [0.3, 0.4) is 0 Å². The van der Waals surface area contributed by atoms with Crippen molar-refractivity contribution in [2.45, 2.75) is 13.5 Å². The van der Waals surface area contributed by atoms with E-state index >= 15 is 0 Å². The van der Waals surface area contributed by atoms with E-state index in [0.29, 0.717) is 0 Å². The highest BCUT2D eigenvalue weighted by atomic mass is 19.1. The average molecular weight is 312 g/mol. The lowest BCUT2D eigenvalue weighted by Gasteiger charge is -2.10. The number of halogens is 1. The maximum absolute atomic E-state index is 12.9. The van der Waals surface area contributed by atoms with Gasteiger partial charge in [-0.1, -0.05) is 42.5 Å². The molecule has 0 spiro atoms. The Morgan fingerprint density at radius 3 is 2.30 bits per heavy atom. The van der Waals surface area contributed by atoms with Crippen LogP contribution in [0, 0.1) is 5.82 Å². The average Bonchev–Trinajstić information content (AvgIpc) is 2.54. The van der Waals surface area contributed by atoms with Gasteiger partial charge in [-0.2, -0.15) is 0 Å². The topological polar surface area (TPSA) is 58.2 Å². The predicted molar refractivity (Wildman–Crippen MR) is 86.5 cm³/mol. The van der Waals surface area contributed by atoms with Crippen molar-refractivity contribution in [3.05, 3.63) is 77.2 Å². The second kappa shape index (κ2) is 7.89. The molecule has 0 bridgehead atoms. The van der Waals surface area contributed by atoms with Gasteiger partial charge in [0.25, 0.3) is 5.91 Å². The van der Waals surface area contributed by atoms with E-state index in [1.807, 2.05) is 30.3 Å². The molecule has 0 radical (unpaired) electrons. The minimum atomic E-state index is -0.409. The molecule has 4 nitrogen and oxygen atoms in total. The van der Waals surface area contributed by atoms with Crippen LogP contribution in [-0.2, 0) is 16.1 Å². The predicted octanol–water partition coefficient (Wildman–Crippen LogP) is 2.62. The first kappa shape index (κ1) is 16.4. The van der Waals surface area contributed by atoms with Crippen LogP contribution in [0.5, 0.6) is 0 Å². The fraction of sp³-hybridized carbons (Fsp3) is 0.111. The number of benzene rings is 2. The monoisotopic (exact) mass is 312 g/mol. The van der Waals surface area contributed by atoms with Crippen LogP contribution in [0.4, 0.5) is 4.39 Å². The van der Waals surface area contributed by atoms with Gasteiger partial charge in [0, 0.05) is 13.5 Å². The van der Waals surface area contributed by atoms with Crippen LogP contribution in [0.1, 0.15) is 18.1 Å². The highest BCUT2D eigenvalue weighted by Crippen LogP contribution is 2.06. The molecule has 0 aromatic heterocycles. The number of nitrogens with one attached hydrogen (secondary N) is 2. The Labute approximate surface area is 134 Å². The zero-order valence-corrected chi connectivity index (χ0v) is 12.7. The summed E-state index contributed by atoms with van der Waals surface area (Å²) in [4.78, 5) is 23.5. The highest BCUT2D eigenvalue weighted by molar-refractivity contribution is 6.00. The summed E-state index contributed by atoms with van der Waals surface area (Å²) in [5.74, 6) is -1.07. The minimum absolute atomic E-state index is 0.158. The molecule has 0 aliphatic heterocycles. The molecule has 0 heterocycles. The second-order valence-electron chi connectivity index (χ2n) is 4.96. The van der Waals surface area contributed by atoms with Crippen LogP contribution < -0.4 is 10.6 Å². The maximum atomic E-state index is 12.9. The van der Waals surface area contributed by atoms with Crippen molar-refractivity contribution in [1.82, 2.24) is 10.6 Å². The third kappa shape index (κ3) is 5.39. The Hall–Kier alpha value is -2.95. The Kier molecular flexibility index (Phi) is 5.63. The van der Waals surface area contributed by atoms with Crippen LogP contribution in [0.15, 0.2) is 60.3 Å². The van der Waals surface area contributed by atoms with Crippen molar-refractivity contribution in [2.75, 3.05) is 0 Å². The summed E-state index contributed by atoms with van der Waals surface area (Å²) in [6.45, 7) is 1.58. The van der Waals surface area contributed by atoms with Gasteiger partial charge in [0.05, 0.1) is 0 Å². The van der Waals surface area contributed by atoms with E-state index in [1.54, 1.807) is 18.2 Å². The van der Waals surface area contributed by atoms with Gasteiger partial charge in [0.1, 0.15) is 11.5 Å². The number of hydrogen-bond donors (Lipinski definition) is 2. The van der Waals surface area contributed by atoms with Gasteiger partial charge in [-0.05, 0) is 29.3 Å². The summed E-state index contributed by atoms with van der Waals surface area (Å²) in [5.41, 5.74) is 1.72. The normalized spacial score (nSPS) is 11.0. The summed E-state index contributed by atoms with van der Waals surface area (Å²) in [5, 5.41) is 5.22. The number of carbonyl (C=O) groups is 2. The molecule has 0 atom stereocenters. The van der Waals surface area contributed by atoms with E-state index in [4.69, 9.17) is 0 Å². The maximum Gasteiger partial charge on any atom is 0.268 e. The molecule has 2 aromatic carbocycles. The Morgan fingerprint density at radius 1 is 1.04 bits per heavy atom. The van der Waals surface area contributed by atoms with Crippen molar-refractivity contribution in [3.63, 3.8) is 0 Å². The molecule has 2 amide bonds. The Balaban J connectivity index is 2.09. The number of carbonyl (C=O) groups excluding carboxylic acids is 2. The number of rotatable bonds is 5. The third-order valence-corrected chi connectivity index (χ3v) is 3.03. The molecule has 2 aromatic rings. The van der Waals surface area contributed by atoms with Crippen LogP contribution in [0.25, 0.3) is 6.08 Å². The van der Waals surface area contributed by atoms with E-state index in [2.05, 4.69) is 10.6 Å². The fourth-order valence-corrected chi connectivity index (χ4v) is 1.94. The van der Waals surface area contributed by atoms with Crippen molar-refractivity contribution < 1.29 is 14.0 Å². The van der Waals surface area contributed by atoms with E-state index in [1.165, 1.54) is 19.1 Å². The summed E-state index contributed by atoms with van der Waals surface area (Å²) >= 11 is 0. The van der Waals surface area contributed by atoms with Gasteiger partial charge < -0.3 is 10.6 Å². The molecule has 0 aliphatic carbocycles. The van der Waals surface area contributed by atoms with Gasteiger partial charge in [0.15, 0.2) is 0 Å². The zero-order chi connectivity index (χ0) is 16.7. The lowest BCUT2D eigenvalue weighted by molar-refractivity contribution is -0.122. The molecule has 118 valence electrons. The molecule has 23 heavy (non-hydrogen) atoms. The van der Waals surface area contributed by atoms with E-state index < -0.39 is 5.91 Å². The van der Waals surface area contributed by atoms with Crippen molar-refractivity contribution >= 4 is 17.9 Å². The van der Waals surface area contributed by atoms with Gasteiger partial charge >= 0.3 is 0 Å². The molecule has 5 heteroatoms. The van der Waals surface area contributed by atoms with Crippen LogP contribution >= 0.6 is 0 Å². The van der Waals surface area contributed by atoms with E-state index in [-0.39, 0.29) is 24.0 Å². The molecular weight excluding hydrogens is 295 g/mol. The largest absolute Gasteiger partial charge is 0.347 e. The first-order chi connectivity index (χ1) is 11.0. The molecule has 0 saturated carbocycles. The zero-order valence-electron chi connectivity index (χ0n) is 12.7. The quantitative estimate of drug-likeness (QED) is 0.834. The van der Waals surface area contributed by atoms with Gasteiger partial charge in [-0.25, -0.2) is 4.39 Å². The van der Waals surface area contributed by atoms with Crippen molar-refractivity contribution in [3.8, 4) is 0 Å². The molecular formula is C18H17FN2O2. The van der Waals surface area contributed by atoms with Crippen LogP contribution in [-0.4, -0.2) is 11.8 Å². The van der Waals surface area contributed by atoms with Gasteiger partial charge in [0.2, 0.25) is 5.91 Å². The lowest BCUT2D eigenvalue weighted by atomic mass is 10.2. The molecule has 0 unspecified atom stereocenters. The number of amides is 2. The minimum Gasteiger partial charge on any atom is -0.347 e. The number of hydrogen-bond acceptors (Lipinski definition) is 2. The standard InChI is InChI=1S/C18H17FN2O2/c1-13(22)21-17(11-14-5-3-2-4-6-14)18(23)20-12-15-7-9-16(19)10-8-15/h2-11H,12H2,1H3,(H,20,23)(H,21,22)/b17-11-. The summed E-state index contributed by atoms with van der Waals surface area (Å²) in [6, 6.07) is 15.0. The summed E-state index contributed by atoms with van der Waals surface area (Å²) in [7, 11) is 0. The molecule has 0 saturated heterocycles. The summed E-state index contributed by atoms with van der Waals surface area (Å²) < 4.78 is 12.9. The van der Waals surface area contributed by atoms with Crippen LogP contribution in [0.2, 0.25) is 0 Å². The van der Waals surface area contributed by atoms with Crippen molar-refractivity contribution in [2.24, 2.45) is 0 Å². The first-order valence-corrected chi connectivity index (χ1v) is 7.11. The fourth-order valence-electron chi connectivity index (χ4n) is 1.94. The summed E-state index contributed by atoms with van der Waals surface area (Å²) in [6.07, 6.45) is 1.60. The first-order valence-electron chi connectivity index (χ1n) is 7.11. The van der Waals surface area contributed by atoms with Crippen molar-refractivity contribution in [1.29, 1.82) is 0 Å². The highest BCUT2D eigenvalue weighted by Gasteiger charge is 2.11. The molecule has 0 aliphatic rings. The van der Waals surface area contributed by atoms with E-state index in [0.717, 1.165) is 11.1 Å². The smallest absolute Gasteiger partial charge is 0.268 e. The third-order valence-electron chi connectivity index (χ3n) is 3.03. The van der Waals surface area contributed by atoms with Gasteiger partial charge in [-0.15, -0.1) is 0 Å². The second-order valence-corrected chi connectivity index (χ2v) is 4.96. The SMILES string of the molecule is CC(=O)N/C(=C\c1ccccc1)C(=O)NCc1ccc(F)cc1. The molecule has 2 rings (SSSR count). The molecule has 2 N–H and O–H groups in total.